The average Bonchev–Trinajstić information content (AvgIpc) is 2.94. The van der Waals surface area contributed by atoms with Gasteiger partial charge in [-0.3, -0.25) is 9.59 Å². The Balaban J connectivity index is 1.95. The second kappa shape index (κ2) is 6.49. The number of rotatable bonds is 2. The van der Waals surface area contributed by atoms with E-state index in [0.29, 0.717) is 31.4 Å². The minimum atomic E-state index is -2.83. The Morgan fingerprint density at radius 2 is 2.12 bits per heavy atom. The Morgan fingerprint density at radius 1 is 1.38 bits per heavy atom. The molecule has 0 radical (unpaired) electrons. The molecule has 2 fully saturated rings. The first-order chi connectivity index (χ1) is 12.2. The van der Waals surface area contributed by atoms with Crippen molar-refractivity contribution in [1.29, 1.82) is 5.26 Å². The van der Waals surface area contributed by atoms with Gasteiger partial charge >= 0.3 is 0 Å². The Kier molecular flexibility index (Phi) is 4.63. The number of carbonyl (C=O) groups is 1. The molecule has 1 aromatic rings. The van der Waals surface area contributed by atoms with Crippen molar-refractivity contribution in [2.24, 2.45) is 11.3 Å². The average molecular weight is 363 g/mol. The minimum absolute atomic E-state index is 0.00939. The standard InChI is InChI=1S/C19H23F2N3O2/c1-12-6-15(14-9-23-8-13(7-22)16(14)25)24(10-12)17(26)18(2)4-3-5-19(20,21)11-18/h8-9,12,15H,3-6,10-11H2,1-2H3,(H,23,25)/t12-,15+,18?/m1/s1. The summed E-state index contributed by atoms with van der Waals surface area (Å²) >= 11 is 0. The first kappa shape index (κ1) is 18.6. The van der Waals surface area contributed by atoms with Crippen LogP contribution in [0.2, 0.25) is 0 Å². The maximum atomic E-state index is 13.9. The predicted octanol–water partition coefficient (Wildman–Crippen LogP) is 3.37. The van der Waals surface area contributed by atoms with E-state index < -0.39 is 29.2 Å². The van der Waals surface area contributed by atoms with Crippen molar-refractivity contribution < 1.29 is 13.6 Å². The number of aromatic nitrogens is 1. The number of amides is 1. The Hall–Kier alpha value is -2.23. The highest BCUT2D eigenvalue weighted by molar-refractivity contribution is 5.83. The van der Waals surface area contributed by atoms with Gasteiger partial charge < -0.3 is 9.88 Å². The van der Waals surface area contributed by atoms with Crippen molar-refractivity contribution in [2.75, 3.05) is 6.54 Å². The molecular formula is C19H23F2N3O2. The molecular weight excluding hydrogens is 340 g/mol. The molecule has 1 unspecified atom stereocenters. The molecule has 0 spiro atoms. The van der Waals surface area contributed by atoms with Crippen molar-refractivity contribution in [2.45, 2.75) is 57.9 Å². The van der Waals surface area contributed by atoms with Crippen LogP contribution in [0, 0.1) is 22.7 Å². The lowest BCUT2D eigenvalue weighted by Crippen LogP contribution is -2.47. The fourth-order valence-electron chi connectivity index (χ4n) is 4.41. The molecule has 1 aromatic heterocycles. The van der Waals surface area contributed by atoms with Gasteiger partial charge in [0.2, 0.25) is 17.3 Å². The molecule has 140 valence electrons. The topological polar surface area (TPSA) is 77.0 Å². The van der Waals surface area contributed by atoms with Crippen molar-refractivity contribution in [3.63, 3.8) is 0 Å². The predicted molar refractivity (Wildman–Crippen MR) is 91.5 cm³/mol. The van der Waals surface area contributed by atoms with Crippen LogP contribution in [0.1, 0.15) is 63.1 Å². The fraction of sp³-hybridized carbons (Fsp3) is 0.632. The van der Waals surface area contributed by atoms with Crippen LogP contribution >= 0.6 is 0 Å². The molecule has 1 saturated carbocycles. The number of hydrogen-bond acceptors (Lipinski definition) is 3. The summed E-state index contributed by atoms with van der Waals surface area (Å²) in [6.45, 7) is 4.01. The van der Waals surface area contributed by atoms with Crippen molar-refractivity contribution >= 4 is 5.91 Å². The van der Waals surface area contributed by atoms with Crippen LogP contribution in [-0.4, -0.2) is 28.3 Å². The van der Waals surface area contributed by atoms with E-state index in [9.17, 15) is 18.4 Å². The van der Waals surface area contributed by atoms with E-state index in [1.54, 1.807) is 11.8 Å². The van der Waals surface area contributed by atoms with Crippen LogP contribution in [0.5, 0.6) is 0 Å². The molecule has 0 aromatic carbocycles. The van der Waals surface area contributed by atoms with Gasteiger partial charge in [-0.2, -0.15) is 5.26 Å². The number of hydrogen-bond donors (Lipinski definition) is 1. The third-order valence-corrected chi connectivity index (χ3v) is 5.66. The number of likely N-dealkylation sites (tertiary alicyclic amines) is 1. The van der Waals surface area contributed by atoms with E-state index in [4.69, 9.17) is 5.26 Å². The minimum Gasteiger partial charge on any atom is -0.366 e. The first-order valence-electron chi connectivity index (χ1n) is 8.97. The quantitative estimate of drug-likeness (QED) is 0.875. The zero-order valence-electron chi connectivity index (χ0n) is 15.0. The Morgan fingerprint density at radius 3 is 2.77 bits per heavy atom. The lowest BCUT2D eigenvalue weighted by Gasteiger charge is -2.40. The van der Waals surface area contributed by atoms with Gasteiger partial charge in [0.25, 0.3) is 0 Å². The van der Waals surface area contributed by atoms with Gasteiger partial charge in [0, 0.05) is 37.3 Å². The highest BCUT2D eigenvalue weighted by atomic mass is 19.3. The summed E-state index contributed by atoms with van der Waals surface area (Å²) in [5.74, 6) is -2.99. The summed E-state index contributed by atoms with van der Waals surface area (Å²) in [6, 6.07) is 1.37. The summed E-state index contributed by atoms with van der Waals surface area (Å²) in [6.07, 6.45) is 3.53. The van der Waals surface area contributed by atoms with E-state index in [-0.39, 0.29) is 23.8 Å². The van der Waals surface area contributed by atoms with Gasteiger partial charge in [0.1, 0.15) is 11.6 Å². The van der Waals surface area contributed by atoms with E-state index in [2.05, 4.69) is 4.98 Å². The second-order valence-corrected chi connectivity index (χ2v) is 8.03. The second-order valence-electron chi connectivity index (χ2n) is 8.03. The van der Waals surface area contributed by atoms with E-state index in [0.717, 1.165) is 0 Å². The van der Waals surface area contributed by atoms with Crippen LogP contribution < -0.4 is 5.43 Å². The molecule has 7 heteroatoms. The summed E-state index contributed by atoms with van der Waals surface area (Å²) in [5.41, 5.74) is -1.18. The third-order valence-electron chi connectivity index (χ3n) is 5.66. The molecule has 2 aliphatic rings. The molecule has 3 rings (SSSR count). The summed E-state index contributed by atoms with van der Waals surface area (Å²) in [5, 5.41) is 9.08. The normalized spacial score (nSPS) is 30.8. The van der Waals surface area contributed by atoms with Crippen LogP contribution in [0.3, 0.4) is 0 Å². The van der Waals surface area contributed by atoms with Crippen LogP contribution in [-0.2, 0) is 4.79 Å². The monoisotopic (exact) mass is 363 g/mol. The third kappa shape index (κ3) is 3.25. The molecule has 26 heavy (non-hydrogen) atoms. The van der Waals surface area contributed by atoms with E-state index in [1.807, 2.05) is 13.0 Å². The molecule has 1 saturated heterocycles. The zero-order chi connectivity index (χ0) is 19.1. The number of carbonyl (C=O) groups excluding carboxylic acids is 1. The molecule has 5 nitrogen and oxygen atoms in total. The molecule has 1 aliphatic carbocycles. The maximum Gasteiger partial charge on any atom is 0.249 e. The molecule has 1 amide bonds. The SMILES string of the molecule is C[C@@H]1C[C@@H](c2c[nH]cc(C#N)c2=O)N(C(=O)C2(C)CCCC(F)(F)C2)C1. The van der Waals surface area contributed by atoms with Crippen molar-refractivity contribution in [3.05, 3.63) is 33.7 Å². The van der Waals surface area contributed by atoms with Crippen molar-refractivity contribution in [1.82, 2.24) is 9.88 Å². The summed E-state index contributed by atoms with van der Waals surface area (Å²) < 4.78 is 27.9. The van der Waals surface area contributed by atoms with Gasteiger partial charge in [-0.1, -0.05) is 13.8 Å². The first-order valence-corrected chi connectivity index (χ1v) is 8.97. The number of H-pyrrole nitrogens is 1. The fourth-order valence-corrected chi connectivity index (χ4v) is 4.41. The molecule has 1 aliphatic heterocycles. The van der Waals surface area contributed by atoms with Gasteiger partial charge in [-0.25, -0.2) is 8.78 Å². The maximum absolute atomic E-state index is 13.9. The van der Waals surface area contributed by atoms with Gasteiger partial charge in [0.05, 0.1) is 11.5 Å². The Bertz CT molecular complexity index is 814. The highest BCUT2D eigenvalue weighted by Crippen LogP contribution is 2.47. The summed E-state index contributed by atoms with van der Waals surface area (Å²) in [4.78, 5) is 30.1. The molecule has 1 N–H and O–H groups in total. The summed E-state index contributed by atoms with van der Waals surface area (Å²) in [7, 11) is 0. The molecule has 2 heterocycles. The number of halogens is 2. The Labute approximate surface area is 151 Å². The number of nitriles is 1. The number of aromatic amines is 1. The molecule has 0 bridgehead atoms. The lowest BCUT2D eigenvalue weighted by atomic mass is 9.72. The smallest absolute Gasteiger partial charge is 0.249 e. The molecule has 3 atom stereocenters. The number of nitrogens with zero attached hydrogens (tertiary/aromatic N) is 2. The largest absolute Gasteiger partial charge is 0.366 e. The van der Waals surface area contributed by atoms with Crippen molar-refractivity contribution in [3.8, 4) is 6.07 Å². The van der Waals surface area contributed by atoms with Crippen LogP contribution in [0.15, 0.2) is 17.2 Å². The number of alkyl halides is 2. The van der Waals surface area contributed by atoms with E-state index >= 15 is 0 Å². The number of pyridine rings is 1. The van der Waals surface area contributed by atoms with Gasteiger partial charge in [-0.15, -0.1) is 0 Å². The van der Waals surface area contributed by atoms with E-state index in [1.165, 1.54) is 12.4 Å². The van der Waals surface area contributed by atoms with Crippen LogP contribution in [0.25, 0.3) is 0 Å². The van der Waals surface area contributed by atoms with Crippen LogP contribution in [0.4, 0.5) is 8.78 Å². The van der Waals surface area contributed by atoms with Gasteiger partial charge in [-0.05, 0) is 25.2 Å². The number of nitrogens with one attached hydrogen (secondary N) is 1. The zero-order valence-corrected chi connectivity index (χ0v) is 15.0. The van der Waals surface area contributed by atoms with Gasteiger partial charge in [0.15, 0.2) is 0 Å². The lowest BCUT2D eigenvalue weighted by molar-refractivity contribution is -0.154. The highest BCUT2D eigenvalue weighted by Gasteiger charge is 2.50.